The molecule has 1 rings (SSSR count). The van der Waals surface area contributed by atoms with Gasteiger partial charge in [-0.2, -0.15) is 0 Å². The van der Waals surface area contributed by atoms with Crippen molar-refractivity contribution in [2.75, 3.05) is 6.54 Å². The number of imide groups is 1. The average molecular weight is 157 g/mol. The van der Waals surface area contributed by atoms with Crippen LogP contribution < -0.4 is 0 Å². The second-order valence-electron chi connectivity index (χ2n) is 2.93. The molecule has 1 heterocycles. The van der Waals surface area contributed by atoms with E-state index in [9.17, 15) is 9.59 Å². The summed E-state index contributed by atoms with van der Waals surface area (Å²) in [6, 6.07) is 0. The van der Waals surface area contributed by atoms with Gasteiger partial charge in [0, 0.05) is 6.54 Å². The van der Waals surface area contributed by atoms with Crippen LogP contribution in [0.4, 0.5) is 4.79 Å². The Morgan fingerprint density at radius 1 is 1.45 bits per heavy atom. The first-order valence-corrected chi connectivity index (χ1v) is 3.54. The fourth-order valence-corrected chi connectivity index (χ4v) is 0.998. The van der Waals surface area contributed by atoms with Crippen molar-refractivity contribution in [2.45, 2.75) is 26.4 Å². The van der Waals surface area contributed by atoms with Crippen LogP contribution in [0.2, 0.25) is 0 Å². The van der Waals surface area contributed by atoms with Crippen molar-refractivity contribution in [2.24, 2.45) is 0 Å². The summed E-state index contributed by atoms with van der Waals surface area (Å²) in [7, 11) is 0. The van der Waals surface area contributed by atoms with Gasteiger partial charge in [-0.15, -0.1) is 0 Å². The first kappa shape index (κ1) is 8.04. The summed E-state index contributed by atoms with van der Waals surface area (Å²) in [6.45, 7) is 5.29. The van der Waals surface area contributed by atoms with Gasteiger partial charge in [-0.3, -0.25) is 4.79 Å². The highest BCUT2D eigenvalue weighted by Gasteiger charge is 2.46. The van der Waals surface area contributed by atoms with Crippen LogP contribution in [0.1, 0.15) is 20.8 Å². The number of likely N-dealkylation sites (N-methyl/N-ethyl adjacent to an activating group) is 1. The lowest BCUT2D eigenvalue weighted by atomic mass is 10.1. The van der Waals surface area contributed by atoms with Crippen LogP contribution in [0, 0.1) is 0 Å². The fraction of sp³-hybridized carbons (Fsp3) is 0.714. The Balaban J connectivity index is 2.88. The minimum atomic E-state index is -0.965. The lowest BCUT2D eigenvalue weighted by molar-refractivity contribution is -0.134. The van der Waals surface area contributed by atoms with Gasteiger partial charge in [0.1, 0.15) is 0 Å². The first-order valence-electron chi connectivity index (χ1n) is 3.54. The Morgan fingerprint density at radius 2 is 2.00 bits per heavy atom. The van der Waals surface area contributed by atoms with Gasteiger partial charge < -0.3 is 4.74 Å². The smallest absolute Gasteiger partial charge is 0.417 e. The van der Waals surface area contributed by atoms with Crippen LogP contribution in [0.25, 0.3) is 0 Å². The minimum absolute atomic E-state index is 0.259. The summed E-state index contributed by atoms with van der Waals surface area (Å²) >= 11 is 0. The molecule has 0 atom stereocenters. The van der Waals surface area contributed by atoms with E-state index in [4.69, 9.17) is 4.74 Å². The Bertz CT molecular complexity index is 210. The highest BCUT2D eigenvalue weighted by molar-refractivity contribution is 6.02. The van der Waals surface area contributed by atoms with Crippen molar-refractivity contribution in [3.63, 3.8) is 0 Å². The molecule has 0 N–H and O–H groups in total. The monoisotopic (exact) mass is 157 g/mol. The zero-order valence-electron chi connectivity index (χ0n) is 6.88. The molecule has 0 aliphatic carbocycles. The standard InChI is InChI=1S/C7H11NO3/c1-4-8-5(9)7(2,3)11-6(8)10/h4H2,1-3H3. The van der Waals surface area contributed by atoms with Gasteiger partial charge >= 0.3 is 6.09 Å². The number of rotatable bonds is 1. The normalized spacial score (nSPS) is 22.3. The van der Waals surface area contributed by atoms with Crippen molar-refractivity contribution < 1.29 is 14.3 Å². The van der Waals surface area contributed by atoms with Gasteiger partial charge in [-0.25, -0.2) is 9.69 Å². The van der Waals surface area contributed by atoms with Crippen LogP contribution in [-0.2, 0) is 9.53 Å². The number of hydrogen-bond acceptors (Lipinski definition) is 3. The predicted molar refractivity (Wildman–Crippen MR) is 37.9 cm³/mol. The van der Waals surface area contributed by atoms with Gasteiger partial charge in [-0.05, 0) is 20.8 Å². The maximum absolute atomic E-state index is 11.2. The molecular weight excluding hydrogens is 146 g/mol. The third kappa shape index (κ3) is 1.08. The lowest BCUT2D eigenvalue weighted by Crippen LogP contribution is -2.35. The number of carbonyl (C=O) groups excluding carboxylic acids is 2. The third-order valence-electron chi connectivity index (χ3n) is 1.64. The van der Waals surface area contributed by atoms with Gasteiger partial charge in [0.2, 0.25) is 0 Å². The number of amides is 2. The molecule has 0 aromatic rings. The van der Waals surface area contributed by atoms with E-state index in [0.29, 0.717) is 6.54 Å². The Labute approximate surface area is 65.1 Å². The molecule has 0 aromatic heterocycles. The molecule has 4 nitrogen and oxygen atoms in total. The number of nitrogens with zero attached hydrogens (tertiary/aromatic N) is 1. The van der Waals surface area contributed by atoms with E-state index >= 15 is 0 Å². The van der Waals surface area contributed by atoms with E-state index in [1.807, 2.05) is 0 Å². The van der Waals surface area contributed by atoms with Crippen LogP contribution in [-0.4, -0.2) is 29.0 Å². The van der Waals surface area contributed by atoms with Crippen molar-refractivity contribution in [1.29, 1.82) is 0 Å². The molecule has 0 radical (unpaired) electrons. The molecule has 1 fully saturated rings. The Kier molecular flexibility index (Phi) is 1.62. The van der Waals surface area contributed by atoms with Crippen LogP contribution in [0.15, 0.2) is 0 Å². The van der Waals surface area contributed by atoms with E-state index in [2.05, 4.69) is 0 Å². The molecule has 1 saturated heterocycles. The summed E-state index contributed by atoms with van der Waals surface area (Å²) in [5.41, 5.74) is -0.965. The molecule has 1 aliphatic rings. The van der Waals surface area contributed by atoms with Crippen molar-refractivity contribution in [3.8, 4) is 0 Å². The molecule has 2 amide bonds. The van der Waals surface area contributed by atoms with E-state index in [1.165, 1.54) is 0 Å². The van der Waals surface area contributed by atoms with E-state index in [0.717, 1.165) is 4.90 Å². The van der Waals surface area contributed by atoms with Crippen LogP contribution >= 0.6 is 0 Å². The fourth-order valence-electron chi connectivity index (χ4n) is 0.998. The van der Waals surface area contributed by atoms with E-state index < -0.39 is 11.7 Å². The van der Waals surface area contributed by atoms with Gasteiger partial charge in [0.25, 0.3) is 5.91 Å². The summed E-state index contributed by atoms with van der Waals surface area (Å²) in [5, 5.41) is 0. The summed E-state index contributed by atoms with van der Waals surface area (Å²) in [4.78, 5) is 23.3. The molecule has 1 aliphatic heterocycles. The number of hydrogen-bond donors (Lipinski definition) is 0. The minimum Gasteiger partial charge on any atom is -0.433 e. The molecule has 0 saturated carbocycles. The SMILES string of the molecule is CCN1C(=O)OC(C)(C)C1=O. The van der Waals surface area contributed by atoms with E-state index in [-0.39, 0.29) is 5.91 Å². The maximum Gasteiger partial charge on any atom is 0.417 e. The zero-order chi connectivity index (χ0) is 8.65. The number of cyclic esters (lactones) is 1. The molecule has 62 valence electrons. The second-order valence-corrected chi connectivity index (χ2v) is 2.93. The summed E-state index contributed by atoms with van der Waals surface area (Å²) < 4.78 is 4.80. The first-order chi connectivity index (χ1) is 4.99. The summed E-state index contributed by atoms with van der Waals surface area (Å²) in [6.07, 6.45) is -0.539. The molecule has 0 spiro atoms. The molecule has 4 heteroatoms. The van der Waals surface area contributed by atoms with Gasteiger partial charge in [0.15, 0.2) is 5.60 Å². The highest BCUT2D eigenvalue weighted by Crippen LogP contribution is 2.22. The average Bonchev–Trinajstić information content (AvgIpc) is 2.04. The van der Waals surface area contributed by atoms with Gasteiger partial charge in [-0.1, -0.05) is 0 Å². The van der Waals surface area contributed by atoms with Crippen molar-refractivity contribution >= 4 is 12.0 Å². The van der Waals surface area contributed by atoms with Crippen molar-refractivity contribution in [3.05, 3.63) is 0 Å². The Hall–Kier alpha value is -1.06. The molecule has 0 aromatic carbocycles. The van der Waals surface area contributed by atoms with Crippen molar-refractivity contribution in [1.82, 2.24) is 4.90 Å². The Morgan fingerprint density at radius 3 is 2.18 bits per heavy atom. The number of carbonyl (C=O) groups is 2. The molecule has 0 unspecified atom stereocenters. The van der Waals surface area contributed by atoms with E-state index in [1.54, 1.807) is 20.8 Å². The molecule has 0 bridgehead atoms. The quantitative estimate of drug-likeness (QED) is 0.564. The maximum atomic E-state index is 11.2. The lowest BCUT2D eigenvalue weighted by Gasteiger charge is -2.11. The topological polar surface area (TPSA) is 46.6 Å². The molecule has 11 heavy (non-hydrogen) atoms. The van der Waals surface area contributed by atoms with Crippen LogP contribution in [0.3, 0.4) is 0 Å². The predicted octanol–water partition coefficient (Wildman–Crippen LogP) is 0.764. The largest absolute Gasteiger partial charge is 0.433 e. The zero-order valence-corrected chi connectivity index (χ0v) is 6.88. The molecular formula is C7H11NO3. The third-order valence-corrected chi connectivity index (χ3v) is 1.64. The second kappa shape index (κ2) is 2.22. The van der Waals surface area contributed by atoms with Crippen LogP contribution in [0.5, 0.6) is 0 Å². The summed E-state index contributed by atoms with van der Waals surface area (Å²) in [5.74, 6) is -0.259. The van der Waals surface area contributed by atoms with Gasteiger partial charge in [0.05, 0.1) is 0 Å². The highest BCUT2D eigenvalue weighted by atomic mass is 16.6. The number of ether oxygens (including phenoxy) is 1.